The summed E-state index contributed by atoms with van der Waals surface area (Å²) in [6, 6.07) is 8.59. The molecule has 0 aliphatic carbocycles. The molecule has 0 bridgehead atoms. The first-order valence-corrected chi connectivity index (χ1v) is 8.16. The molecule has 132 valence electrons. The topological polar surface area (TPSA) is 97.6 Å². The van der Waals surface area contributed by atoms with Gasteiger partial charge < -0.3 is 14.5 Å². The zero-order valence-corrected chi connectivity index (χ0v) is 13.8. The maximum absolute atomic E-state index is 13.4. The van der Waals surface area contributed by atoms with Crippen LogP contribution in [-0.4, -0.2) is 30.3 Å². The fraction of sp³-hybridized carbons (Fsp3) is 0.188. The van der Waals surface area contributed by atoms with Crippen molar-refractivity contribution in [3.63, 3.8) is 0 Å². The van der Waals surface area contributed by atoms with Crippen molar-refractivity contribution >= 4 is 29.7 Å². The number of amides is 3. The summed E-state index contributed by atoms with van der Waals surface area (Å²) in [5.74, 6) is -1.54. The Morgan fingerprint density at radius 1 is 1.16 bits per heavy atom. The van der Waals surface area contributed by atoms with Crippen molar-refractivity contribution in [2.75, 3.05) is 12.4 Å². The van der Waals surface area contributed by atoms with Gasteiger partial charge >= 0.3 is 12.0 Å². The van der Waals surface area contributed by atoms with Gasteiger partial charge in [0.15, 0.2) is 6.61 Å². The second-order valence-electron chi connectivity index (χ2n) is 4.69. The second kappa shape index (κ2) is 9.48. The number of hydrogen-bond donors (Lipinski definition) is 2. The number of thioether (sulfide) groups is 1. The third kappa shape index (κ3) is 6.68. The molecule has 0 unspecified atom stereocenters. The lowest BCUT2D eigenvalue weighted by molar-refractivity contribution is -0.145. The van der Waals surface area contributed by atoms with Crippen molar-refractivity contribution in [2.45, 2.75) is 11.4 Å². The number of halogens is 1. The molecule has 0 saturated heterocycles. The molecule has 2 N–H and O–H groups in total. The van der Waals surface area contributed by atoms with Crippen molar-refractivity contribution in [3.8, 4) is 0 Å². The van der Waals surface area contributed by atoms with Gasteiger partial charge in [-0.2, -0.15) is 0 Å². The molecule has 0 aliphatic heterocycles. The molecule has 0 atom stereocenters. The monoisotopic (exact) mass is 366 g/mol. The normalized spacial score (nSPS) is 10.1. The average Bonchev–Trinajstić information content (AvgIpc) is 3.11. The summed E-state index contributed by atoms with van der Waals surface area (Å²) >= 11 is 0.956. The summed E-state index contributed by atoms with van der Waals surface area (Å²) in [5, 5.41) is 4.41. The van der Waals surface area contributed by atoms with Gasteiger partial charge in [0.25, 0.3) is 5.91 Å². The minimum absolute atomic E-state index is 0.116. The number of carbonyl (C=O) groups excluding carboxylic acids is 3. The molecule has 1 aromatic carbocycles. The third-order valence-corrected chi connectivity index (χ3v) is 3.82. The predicted octanol–water partition coefficient (Wildman–Crippen LogP) is 2.08. The van der Waals surface area contributed by atoms with Gasteiger partial charge in [0, 0.05) is 4.90 Å². The van der Waals surface area contributed by atoms with Gasteiger partial charge in [-0.15, -0.1) is 11.8 Å². The largest absolute Gasteiger partial charge is 0.467 e. The van der Waals surface area contributed by atoms with Gasteiger partial charge in [0.05, 0.1) is 18.6 Å². The Bertz CT molecular complexity index is 736. The maximum atomic E-state index is 13.4. The molecule has 2 rings (SSSR count). The Hall–Kier alpha value is -2.81. The predicted molar refractivity (Wildman–Crippen MR) is 87.2 cm³/mol. The third-order valence-electron chi connectivity index (χ3n) is 2.80. The van der Waals surface area contributed by atoms with Crippen LogP contribution in [0.15, 0.2) is 52.0 Å². The highest BCUT2D eigenvalue weighted by atomic mass is 32.2. The van der Waals surface area contributed by atoms with E-state index in [4.69, 9.17) is 9.15 Å². The molecule has 7 nitrogen and oxygen atoms in total. The summed E-state index contributed by atoms with van der Waals surface area (Å²) in [6.45, 7) is -0.490. The van der Waals surface area contributed by atoms with E-state index in [0.717, 1.165) is 11.8 Å². The van der Waals surface area contributed by atoms with E-state index >= 15 is 0 Å². The second-order valence-corrected chi connectivity index (χ2v) is 5.71. The number of esters is 1. The number of imide groups is 1. The Kier molecular flexibility index (Phi) is 7.02. The van der Waals surface area contributed by atoms with Crippen molar-refractivity contribution in [3.05, 3.63) is 54.2 Å². The van der Waals surface area contributed by atoms with Crippen LogP contribution in [0.4, 0.5) is 9.18 Å². The highest BCUT2D eigenvalue weighted by Crippen LogP contribution is 2.20. The Labute approximate surface area is 146 Å². The van der Waals surface area contributed by atoms with Crippen molar-refractivity contribution < 1.29 is 27.9 Å². The van der Waals surface area contributed by atoms with E-state index in [1.165, 1.54) is 18.4 Å². The number of rotatable bonds is 7. The fourth-order valence-corrected chi connectivity index (χ4v) is 2.41. The number of ether oxygens (including phenoxy) is 1. The van der Waals surface area contributed by atoms with Crippen molar-refractivity contribution in [1.29, 1.82) is 0 Å². The number of hydrogen-bond acceptors (Lipinski definition) is 6. The number of benzene rings is 1. The standard InChI is InChI=1S/C16H15FN2O5S/c17-12-5-1-2-6-13(12)25-10-15(21)24-9-14(20)19-16(22)18-8-11-4-3-7-23-11/h1-7H,8-10H2,(H2,18,19,20,22). The summed E-state index contributed by atoms with van der Waals surface area (Å²) in [7, 11) is 0. The molecular weight excluding hydrogens is 351 g/mol. The molecule has 0 radical (unpaired) electrons. The van der Waals surface area contributed by atoms with E-state index in [0.29, 0.717) is 10.7 Å². The highest BCUT2D eigenvalue weighted by molar-refractivity contribution is 8.00. The van der Waals surface area contributed by atoms with Crippen LogP contribution in [0.25, 0.3) is 0 Å². The first-order valence-electron chi connectivity index (χ1n) is 7.17. The molecular formula is C16H15FN2O5S. The van der Waals surface area contributed by atoms with Crippen LogP contribution in [0.1, 0.15) is 5.76 Å². The molecule has 0 fully saturated rings. The van der Waals surface area contributed by atoms with E-state index in [1.807, 2.05) is 5.32 Å². The number of furan rings is 1. The van der Waals surface area contributed by atoms with Gasteiger partial charge in [-0.1, -0.05) is 12.1 Å². The van der Waals surface area contributed by atoms with Crippen LogP contribution < -0.4 is 10.6 Å². The van der Waals surface area contributed by atoms with Crippen molar-refractivity contribution in [2.24, 2.45) is 0 Å². The molecule has 0 spiro atoms. The lowest BCUT2D eigenvalue weighted by Crippen LogP contribution is -2.41. The Balaban J connectivity index is 1.62. The summed E-state index contributed by atoms with van der Waals surface area (Å²) < 4.78 is 23.1. The lowest BCUT2D eigenvalue weighted by atomic mass is 10.3. The first-order chi connectivity index (χ1) is 12.0. The van der Waals surface area contributed by atoms with E-state index in [1.54, 1.807) is 24.3 Å². The van der Waals surface area contributed by atoms with Gasteiger partial charge in [-0.05, 0) is 24.3 Å². The number of carbonyl (C=O) groups is 3. The average molecular weight is 366 g/mol. The fourth-order valence-electron chi connectivity index (χ4n) is 1.67. The molecule has 2 aromatic rings. The minimum Gasteiger partial charge on any atom is -0.467 e. The molecule has 0 aliphatic rings. The molecule has 9 heteroatoms. The van der Waals surface area contributed by atoms with Gasteiger partial charge in [0.1, 0.15) is 11.6 Å². The summed E-state index contributed by atoms with van der Waals surface area (Å²) in [5.41, 5.74) is 0. The molecule has 25 heavy (non-hydrogen) atoms. The van der Waals surface area contributed by atoms with Crippen LogP contribution in [0.5, 0.6) is 0 Å². The van der Waals surface area contributed by atoms with Gasteiger partial charge in [-0.25, -0.2) is 9.18 Å². The smallest absolute Gasteiger partial charge is 0.321 e. The van der Waals surface area contributed by atoms with Crippen LogP contribution in [0.3, 0.4) is 0 Å². The number of urea groups is 1. The number of nitrogens with one attached hydrogen (secondary N) is 2. The zero-order chi connectivity index (χ0) is 18.1. The molecule has 1 aromatic heterocycles. The lowest BCUT2D eigenvalue weighted by Gasteiger charge is -2.07. The summed E-state index contributed by atoms with van der Waals surface area (Å²) in [4.78, 5) is 34.8. The Morgan fingerprint density at radius 3 is 2.68 bits per heavy atom. The highest BCUT2D eigenvalue weighted by Gasteiger charge is 2.12. The summed E-state index contributed by atoms with van der Waals surface area (Å²) in [6.07, 6.45) is 1.46. The molecule has 1 heterocycles. The zero-order valence-electron chi connectivity index (χ0n) is 13.0. The quantitative estimate of drug-likeness (QED) is 0.575. The van der Waals surface area contributed by atoms with E-state index < -0.39 is 30.3 Å². The van der Waals surface area contributed by atoms with Crippen LogP contribution in [0, 0.1) is 5.82 Å². The van der Waals surface area contributed by atoms with Gasteiger partial charge in [0.2, 0.25) is 0 Å². The van der Waals surface area contributed by atoms with Gasteiger partial charge in [-0.3, -0.25) is 14.9 Å². The van der Waals surface area contributed by atoms with Crippen molar-refractivity contribution in [1.82, 2.24) is 10.6 Å². The SMILES string of the molecule is O=C(COC(=O)CSc1ccccc1F)NC(=O)NCc1ccco1. The van der Waals surface area contributed by atoms with E-state index in [-0.39, 0.29) is 12.3 Å². The molecule has 3 amide bonds. The first kappa shape index (κ1) is 18.5. The van der Waals surface area contributed by atoms with Crippen LogP contribution >= 0.6 is 11.8 Å². The van der Waals surface area contributed by atoms with Crippen LogP contribution in [-0.2, 0) is 20.9 Å². The maximum Gasteiger partial charge on any atom is 0.321 e. The minimum atomic E-state index is -0.777. The van der Waals surface area contributed by atoms with E-state index in [2.05, 4.69) is 5.32 Å². The van der Waals surface area contributed by atoms with E-state index in [9.17, 15) is 18.8 Å². The Morgan fingerprint density at radius 2 is 1.96 bits per heavy atom. The van der Waals surface area contributed by atoms with Crippen LogP contribution in [0.2, 0.25) is 0 Å². The molecule has 0 saturated carbocycles.